The van der Waals surface area contributed by atoms with Crippen LogP contribution in [0.4, 0.5) is 4.39 Å². The summed E-state index contributed by atoms with van der Waals surface area (Å²) in [5.41, 5.74) is -1.50. The molecule has 4 nitrogen and oxygen atoms in total. The number of halogens is 1. The predicted octanol–water partition coefficient (Wildman–Crippen LogP) is 3.73. The smallest absolute Gasteiger partial charge is 0.504 e. The second-order valence-electron chi connectivity index (χ2n) is 6.24. The third-order valence-corrected chi connectivity index (χ3v) is 4.10. The molecule has 1 aromatic carbocycles. The summed E-state index contributed by atoms with van der Waals surface area (Å²) < 4.78 is 31.0. The van der Waals surface area contributed by atoms with Crippen molar-refractivity contribution in [1.82, 2.24) is 0 Å². The Labute approximate surface area is 131 Å². The van der Waals surface area contributed by atoms with Gasteiger partial charge in [-0.05, 0) is 46.8 Å². The summed E-state index contributed by atoms with van der Waals surface area (Å²) in [6.07, 6.45) is 1.21. The van der Waals surface area contributed by atoms with Crippen molar-refractivity contribution < 1.29 is 23.5 Å². The molecular formula is C16H22BFO4. The summed E-state index contributed by atoms with van der Waals surface area (Å²) in [6.45, 7) is 9.65. The van der Waals surface area contributed by atoms with E-state index >= 15 is 0 Å². The molecule has 0 spiro atoms. The van der Waals surface area contributed by atoms with Gasteiger partial charge in [-0.3, -0.25) is 0 Å². The Hall–Kier alpha value is -1.53. The quantitative estimate of drug-likeness (QED) is 0.861. The van der Waals surface area contributed by atoms with Gasteiger partial charge in [0.05, 0.1) is 17.8 Å². The lowest BCUT2D eigenvalue weighted by atomic mass is 9.86. The number of para-hydroxylation sites is 1. The molecule has 1 aliphatic rings. The molecule has 0 aromatic heterocycles. The molecule has 0 amide bonds. The van der Waals surface area contributed by atoms with Crippen LogP contribution in [0.15, 0.2) is 23.9 Å². The average Bonchev–Trinajstić information content (AvgIpc) is 2.63. The van der Waals surface area contributed by atoms with Gasteiger partial charge in [0, 0.05) is 5.56 Å². The fourth-order valence-corrected chi connectivity index (χ4v) is 2.10. The molecule has 1 aromatic rings. The van der Waals surface area contributed by atoms with Crippen LogP contribution < -0.4 is 4.74 Å². The minimum Gasteiger partial charge on any atom is -0.504 e. The number of phenolic OH excluding ortho intramolecular Hbond substituents is 1. The van der Waals surface area contributed by atoms with Crippen molar-refractivity contribution in [3.63, 3.8) is 0 Å². The number of aromatic hydroxyl groups is 1. The molecule has 0 atom stereocenters. The molecule has 0 bridgehead atoms. The van der Waals surface area contributed by atoms with E-state index in [0.29, 0.717) is 17.9 Å². The van der Waals surface area contributed by atoms with Gasteiger partial charge >= 0.3 is 7.12 Å². The van der Waals surface area contributed by atoms with Gasteiger partial charge in [0.2, 0.25) is 0 Å². The van der Waals surface area contributed by atoms with Crippen molar-refractivity contribution >= 4 is 13.2 Å². The van der Waals surface area contributed by atoms with Crippen LogP contribution in [0.1, 0.15) is 40.2 Å². The van der Waals surface area contributed by atoms with E-state index in [1.807, 2.05) is 34.6 Å². The third kappa shape index (κ3) is 3.13. The van der Waals surface area contributed by atoms with E-state index in [2.05, 4.69) is 0 Å². The molecule has 120 valence electrons. The molecule has 6 heteroatoms. The van der Waals surface area contributed by atoms with Gasteiger partial charge < -0.3 is 19.2 Å². The second kappa shape index (κ2) is 5.93. The molecule has 2 rings (SSSR count). The van der Waals surface area contributed by atoms with Crippen LogP contribution in [0, 0.1) is 0 Å². The molecule has 1 aliphatic heterocycles. The highest BCUT2D eigenvalue weighted by Gasteiger charge is 2.53. The monoisotopic (exact) mass is 308 g/mol. The molecule has 0 radical (unpaired) electrons. The Kier molecular flexibility index (Phi) is 4.54. The number of ether oxygens (including phenoxy) is 1. The Morgan fingerprint density at radius 2 is 1.86 bits per heavy atom. The summed E-state index contributed by atoms with van der Waals surface area (Å²) in [6, 6.07) is 4.92. The molecular weight excluding hydrogens is 286 g/mol. The normalized spacial score (nSPS) is 20.3. The minimum absolute atomic E-state index is 0.101. The molecule has 1 N–H and O–H groups in total. The van der Waals surface area contributed by atoms with Gasteiger partial charge in [0.1, 0.15) is 5.73 Å². The minimum atomic E-state index is -1.08. The van der Waals surface area contributed by atoms with Gasteiger partial charge in [-0.25, -0.2) is 4.39 Å². The summed E-state index contributed by atoms with van der Waals surface area (Å²) in [5.74, 6) is 0.217. The van der Waals surface area contributed by atoms with E-state index in [1.54, 1.807) is 18.2 Å². The van der Waals surface area contributed by atoms with Gasteiger partial charge in [-0.1, -0.05) is 12.1 Å². The van der Waals surface area contributed by atoms with Crippen LogP contribution in [-0.4, -0.2) is 30.0 Å². The van der Waals surface area contributed by atoms with Crippen molar-refractivity contribution in [2.75, 3.05) is 6.61 Å². The number of phenols is 1. The van der Waals surface area contributed by atoms with Gasteiger partial charge in [-0.15, -0.1) is 0 Å². The Morgan fingerprint density at radius 3 is 2.41 bits per heavy atom. The van der Waals surface area contributed by atoms with Gasteiger partial charge in [0.15, 0.2) is 11.5 Å². The molecule has 0 aliphatic carbocycles. The number of rotatable bonds is 4. The fraction of sp³-hybridized carbons (Fsp3) is 0.500. The van der Waals surface area contributed by atoms with Crippen molar-refractivity contribution in [3.8, 4) is 11.5 Å². The van der Waals surface area contributed by atoms with Crippen LogP contribution in [-0.2, 0) is 9.31 Å². The van der Waals surface area contributed by atoms with Crippen molar-refractivity contribution in [2.24, 2.45) is 0 Å². The maximum atomic E-state index is 14.4. The van der Waals surface area contributed by atoms with E-state index in [1.165, 1.54) is 6.08 Å². The lowest BCUT2D eigenvalue weighted by Gasteiger charge is -2.32. The highest BCUT2D eigenvalue weighted by Crippen LogP contribution is 2.39. The summed E-state index contributed by atoms with van der Waals surface area (Å²) >= 11 is 0. The number of hydrogen-bond donors (Lipinski definition) is 1. The van der Waals surface area contributed by atoms with Crippen LogP contribution in [0.25, 0.3) is 6.08 Å². The van der Waals surface area contributed by atoms with E-state index in [4.69, 9.17) is 14.0 Å². The Morgan fingerprint density at radius 1 is 1.27 bits per heavy atom. The standard InChI is InChI=1S/C16H22BFO4/c1-6-20-12-9-7-8-11(14(12)19)10-13(18)17-21-15(2,3)16(4,5)22-17/h7-10,19H,6H2,1-5H3. The Balaban J connectivity index is 2.26. The molecule has 0 unspecified atom stereocenters. The topological polar surface area (TPSA) is 47.9 Å². The number of benzene rings is 1. The lowest BCUT2D eigenvalue weighted by Crippen LogP contribution is -2.41. The SMILES string of the molecule is CCOc1cccc(C=C(F)B2OC(C)(C)C(C)(C)O2)c1O. The second-order valence-corrected chi connectivity index (χ2v) is 6.24. The highest BCUT2D eigenvalue weighted by atomic mass is 19.1. The summed E-state index contributed by atoms with van der Waals surface area (Å²) in [7, 11) is -1.08. The Bertz CT molecular complexity index is 568. The van der Waals surface area contributed by atoms with Gasteiger partial charge in [-0.2, -0.15) is 0 Å². The lowest BCUT2D eigenvalue weighted by molar-refractivity contribution is 0.00578. The largest absolute Gasteiger partial charge is 0.525 e. The maximum absolute atomic E-state index is 14.4. The van der Waals surface area contributed by atoms with Crippen molar-refractivity contribution in [1.29, 1.82) is 0 Å². The van der Waals surface area contributed by atoms with Gasteiger partial charge in [0.25, 0.3) is 0 Å². The zero-order valence-corrected chi connectivity index (χ0v) is 13.6. The van der Waals surface area contributed by atoms with Crippen LogP contribution in [0.5, 0.6) is 11.5 Å². The molecule has 22 heavy (non-hydrogen) atoms. The fourth-order valence-electron chi connectivity index (χ4n) is 2.10. The van der Waals surface area contributed by atoms with Crippen LogP contribution >= 0.6 is 0 Å². The highest BCUT2D eigenvalue weighted by molar-refractivity contribution is 6.54. The van der Waals surface area contributed by atoms with E-state index < -0.39 is 24.0 Å². The molecule has 1 fully saturated rings. The first-order valence-corrected chi connectivity index (χ1v) is 7.35. The van der Waals surface area contributed by atoms with E-state index in [0.717, 1.165) is 0 Å². The summed E-state index contributed by atoms with van der Waals surface area (Å²) in [5, 5.41) is 10.1. The maximum Gasteiger partial charge on any atom is 0.525 e. The average molecular weight is 308 g/mol. The molecule has 1 heterocycles. The number of hydrogen-bond acceptors (Lipinski definition) is 4. The third-order valence-electron chi connectivity index (χ3n) is 4.10. The molecule has 1 saturated heterocycles. The summed E-state index contributed by atoms with van der Waals surface area (Å²) in [4.78, 5) is 0. The van der Waals surface area contributed by atoms with Crippen LogP contribution in [0.3, 0.4) is 0 Å². The van der Waals surface area contributed by atoms with E-state index in [9.17, 15) is 9.50 Å². The first-order chi connectivity index (χ1) is 10.2. The van der Waals surface area contributed by atoms with E-state index in [-0.39, 0.29) is 5.75 Å². The first kappa shape index (κ1) is 16.8. The zero-order chi connectivity index (χ0) is 16.5. The van der Waals surface area contributed by atoms with Crippen LogP contribution in [0.2, 0.25) is 0 Å². The first-order valence-electron chi connectivity index (χ1n) is 7.35. The zero-order valence-electron chi connectivity index (χ0n) is 13.6. The van der Waals surface area contributed by atoms with Crippen molar-refractivity contribution in [2.45, 2.75) is 45.8 Å². The molecule has 0 saturated carbocycles. The predicted molar refractivity (Wildman–Crippen MR) is 84.4 cm³/mol. The van der Waals surface area contributed by atoms with Crippen molar-refractivity contribution in [3.05, 3.63) is 29.5 Å².